The maximum Gasteiger partial charge on any atom is 0.350 e. The molecule has 0 fully saturated rings. The highest BCUT2D eigenvalue weighted by molar-refractivity contribution is 7.18. The fourth-order valence-electron chi connectivity index (χ4n) is 2.07. The molecule has 2 N–H and O–H groups in total. The molecule has 0 aliphatic heterocycles. The smallest absolute Gasteiger partial charge is 0.350 e. The Labute approximate surface area is 128 Å². The first-order chi connectivity index (χ1) is 10.1. The molecule has 21 heavy (non-hydrogen) atoms. The maximum atomic E-state index is 11.9. The van der Waals surface area contributed by atoms with Gasteiger partial charge in [0.2, 0.25) is 0 Å². The highest BCUT2D eigenvalue weighted by Gasteiger charge is 2.21. The van der Waals surface area contributed by atoms with E-state index in [1.807, 2.05) is 38.1 Å². The van der Waals surface area contributed by atoms with Gasteiger partial charge >= 0.3 is 5.97 Å². The average molecular weight is 305 g/mol. The molecule has 0 aliphatic rings. The van der Waals surface area contributed by atoms with Crippen molar-refractivity contribution in [3.63, 3.8) is 0 Å². The number of carbonyl (C=O) groups is 1. The number of hydrogen-bond donors (Lipinski definition) is 1. The van der Waals surface area contributed by atoms with Crippen LogP contribution in [0.4, 0.5) is 5.69 Å². The standard InChI is InChI=1S/C16H19NO3S/c1-4-19-12-9-7-6-8-11(12)14-10(3)13(17)15(21-14)16(18)20-5-2/h6-9H,4-5,17H2,1-3H3. The Morgan fingerprint density at radius 2 is 1.95 bits per heavy atom. The molecule has 0 saturated heterocycles. The molecule has 0 bridgehead atoms. The van der Waals surface area contributed by atoms with Crippen LogP contribution in [0, 0.1) is 6.92 Å². The molecular weight excluding hydrogens is 286 g/mol. The number of benzene rings is 1. The molecule has 5 heteroatoms. The van der Waals surface area contributed by atoms with Crippen molar-refractivity contribution in [3.05, 3.63) is 34.7 Å². The van der Waals surface area contributed by atoms with Gasteiger partial charge in [-0.05, 0) is 38.5 Å². The lowest BCUT2D eigenvalue weighted by molar-refractivity contribution is 0.0533. The van der Waals surface area contributed by atoms with E-state index in [9.17, 15) is 4.79 Å². The fraction of sp³-hybridized carbons (Fsp3) is 0.312. The molecule has 1 aromatic heterocycles. The number of hydrogen-bond acceptors (Lipinski definition) is 5. The van der Waals surface area contributed by atoms with Crippen molar-refractivity contribution in [1.82, 2.24) is 0 Å². The normalized spacial score (nSPS) is 10.4. The lowest BCUT2D eigenvalue weighted by atomic mass is 10.1. The third-order valence-electron chi connectivity index (χ3n) is 3.09. The van der Waals surface area contributed by atoms with Crippen molar-refractivity contribution in [1.29, 1.82) is 0 Å². The van der Waals surface area contributed by atoms with E-state index in [1.54, 1.807) is 6.92 Å². The van der Waals surface area contributed by atoms with E-state index >= 15 is 0 Å². The van der Waals surface area contributed by atoms with E-state index in [2.05, 4.69) is 0 Å². The Kier molecular flexibility index (Phi) is 4.85. The van der Waals surface area contributed by atoms with Crippen molar-refractivity contribution in [2.24, 2.45) is 0 Å². The van der Waals surface area contributed by atoms with Gasteiger partial charge in [0, 0.05) is 10.4 Å². The molecule has 0 amide bonds. The van der Waals surface area contributed by atoms with E-state index in [0.717, 1.165) is 21.8 Å². The third-order valence-corrected chi connectivity index (χ3v) is 4.41. The Bertz CT molecular complexity index is 649. The monoisotopic (exact) mass is 305 g/mol. The summed E-state index contributed by atoms with van der Waals surface area (Å²) < 4.78 is 10.7. The number of anilines is 1. The van der Waals surface area contributed by atoms with Gasteiger partial charge in [0.1, 0.15) is 10.6 Å². The molecule has 2 aromatic rings. The Balaban J connectivity index is 2.51. The number of thiophene rings is 1. The molecule has 0 unspecified atom stereocenters. The summed E-state index contributed by atoms with van der Waals surface area (Å²) in [7, 11) is 0. The summed E-state index contributed by atoms with van der Waals surface area (Å²) in [4.78, 5) is 13.3. The molecule has 1 aromatic carbocycles. The Morgan fingerprint density at radius 1 is 1.24 bits per heavy atom. The van der Waals surface area contributed by atoms with Gasteiger partial charge in [0.25, 0.3) is 0 Å². The first-order valence-electron chi connectivity index (χ1n) is 6.88. The van der Waals surface area contributed by atoms with Gasteiger partial charge in [-0.1, -0.05) is 12.1 Å². The molecule has 0 saturated carbocycles. The predicted molar refractivity (Wildman–Crippen MR) is 86.0 cm³/mol. The van der Waals surface area contributed by atoms with Crippen LogP contribution in [0.15, 0.2) is 24.3 Å². The third kappa shape index (κ3) is 3.03. The van der Waals surface area contributed by atoms with Crippen LogP contribution in [0.5, 0.6) is 5.75 Å². The highest BCUT2D eigenvalue weighted by Crippen LogP contribution is 2.42. The zero-order valence-corrected chi connectivity index (χ0v) is 13.3. The number of nitrogen functional groups attached to an aromatic ring is 1. The number of esters is 1. The van der Waals surface area contributed by atoms with Gasteiger partial charge in [-0.3, -0.25) is 0 Å². The average Bonchev–Trinajstić information content (AvgIpc) is 2.77. The highest BCUT2D eigenvalue weighted by atomic mass is 32.1. The van der Waals surface area contributed by atoms with Crippen LogP contribution in [0.1, 0.15) is 29.1 Å². The van der Waals surface area contributed by atoms with Gasteiger partial charge in [-0.15, -0.1) is 11.3 Å². The van der Waals surface area contributed by atoms with E-state index in [4.69, 9.17) is 15.2 Å². The van der Waals surface area contributed by atoms with Crippen LogP contribution in [-0.4, -0.2) is 19.2 Å². The Hall–Kier alpha value is -2.01. The predicted octanol–water partition coefficient (Wildman–Crippen LogP) is 3.88. The summed E-state index contributed by atoms with van der Waals surface area (Å²) in [5.74, 6) is 0.419. The van der Waals surface area contributed by atoms with Gasteiger partial charge < -0.3 is 15.2 Å². The summed E-state index contributed by atoms with van der Waals surface area (Å²) in [6, 6.07) is 7.75. The first kappa shape index (κ1) is 15.4. The van der Waals surface area contributed by atoms with Crippen molar-refractivity contribution in [3.8, 4) is 16.2 Å². The number of nitrogens with two attached hydrogens (primary N) is 1. The molecule has 1 heterocycles. The summed E-state index contributed by atoms with van der Waals surface area (Å²) in [5, 5.41) is 0. The minimum atomic E-state index is -0.372. The molecular formula is C16H19NO3S. The molecule has 2 rings (SSSR count). The van der Waals surface area contributed by atoms with Crippen molar-refractivity contribution >= 4 is 23.0 Å². The quantitative estimate of drug-likeness (QED) is 0.852. The second kappa shape index (κ2) is 6.63. The zero-order chi connectivity index (χ0) is 15.4. The number of carbonyl (C=O) groups excluding carboxylic acids is 1. The van der Waals surface area contributed by atoms with E-state index in [0.29, 0.717) is 23.8 Å². The minimum absolute atomic E-state index is 0.333. The van der Waals surface area contributed by atoms with Crippen LogP contribution in [0.2, 0.25) is 0 Å². The summed E-state index contributed by atoms with van der Waals surface area (Å²) in [6.07, 6.45) is 0. The van der Waals surface area contributed by atoms with E-state index in [-0.39, 0.29) is 5.97 Å². The number of rotatable bonds is 5. The van der Waals surface area contributed by atoms with Crippen LogP contribution in [0.25, 0.3) is 10.4 Å². The Morgan fingerprint density at radius 3 is 2.62 bits per heavy atom. The number of para-hydroxylation sites is 1. The lowest BCUT2D eigenvalue weighted by Gasteiger charge is -2.09. The maximum absolute atomic E-state index is 11.9. The van der Waals surface area contributed by atoms with Crippen LogP contribution < -0.4 is 10.5 Å². The molecule has 0 atom stereocenters. The first-order valence-corrected chi connectivity index (χ1v) is 7.69. The van der Waals surface area contributed by atoms with Crippen LogP contribution >= 0.6 is 11.3 Å². The molecule has 0 spiro atoms. The zero-order valence-electron chi connectivity index (χ0n) is 12.4. The summed E-state index contributed by atoms with van der Waals surface area (Å²) in [6.45, 7) is 6.55. The van der Waals surface area contributed by atoms with Crippen molar-refractivity contribution in [2.75, 3.05) is 18.9 Å². The SMILES string of the molecule is CCOC(=O)c1sc(-c2ccccc2OCC)c(C)c1N. The molecule has 112 valence electrons. The molecule has 0 radical (unpaired) electrons. The van der Waals surface area contributed by atoms with Crippen LogP contribution in [-0.2, 0) is 4.74 Å². The summed E-state index contributed by atoms with van der Waals surface area (Å²) in [5.41, 5.74) is 8.38. The van der Waals surface area contributed by atoms with Crippen molar-refractivity contribution in [2.45, 2.75) is 20.8 Å². The van der Waals surface area contributed by atoms with Gasteiger partial charge in [-0.2, -0.15) is 0 Å². The van der Waals surface area contributed by atoms with Crippen LogP contribution in [0.3, 0.4) is 0 Å². The second-order valence-electron chi connectivity index (χ2n) is 4.45. The van der Waals surface area contributed by atoms with Gasteiger partial charge in [0.15, 0.2) is 0 Å². The summed E-state index contributed by atoms with van der Waals surface area (Å²) >= 11 is 1.35. The molecule has 0 aliphatic carbocycles. The fourth-order valence-corrected chi connectivity index (χ4v) is 3.22. The lowest BCUT2D eigenvalue weighted by Crippen LogP contribution is -2.05. The largest absolute Gasteiger partial charge is 0.493 e. The van der Waals surface area contributed by atoms with E-state index in [1.165, 1.54) is 11.3 Å². The van der Waals surface area contributed by atoms with Crippen molar-refractivity contribution < 1.29 is 14.3 Å². The van der Waals surface area contributed by atoms with E-state index < -0.39 is 0 Å². The second-order valence-corrected chi connectivity index (χ2v) is 5.47. The van der Waals surface area contributed by atoms with Gasteiger partial charge in [-0.25, -0.2) is 4.79 Å². The molecule has 4 nitrogen and oxygen atoms in total. The topological polar surface area (TPSA) is 61.5 Å². The minimum Gasteiger partial charge on any atom is -0.493 e. The number of ether oxygens (including phenoxy) is 2. The van der Waals surface area contributed by atoms with Gasteiger partial charge in [0.05, 0.1) is 18.9 Å².